The number of aromatic nitrogens is 1. The zero-order chi connectivity index (χ0) is 18.2. The van der Waals surface area contributed by atoms with Gasteiger partial charge in [0.25, 0.3) is 0 Å². The summed E-state index contributed by atoms with van der Waals surface area (Å²) in [5, 5.41) is 4.11. The first-order valence-corrected chi connectivity index (χ1v) is 9.43. The van der Waals surface area contributed by atoms with Crippen molar-refractivity contribution in [2.75, 3.05) is 44.7 Å². The van der Waals surface area contributed by atoms with Crippen LogP contribution in [0.2, 0.25) is 0 Å². The zero-order valence-electron chi connectivity index (χ0n) is 15.2. The van der Waals surface area contributed by atoms with Crippen molar-refractivity contribution >= 4 is 23.0 Å². The number of aryl methyl sites for hydroxylation is 1. The van der Waals surface area contributed by atoms with E-state index >= 15 is 0 Å². The highest BCUT2D eigenvalue weighted by Crippen LogP contribution is 2.12. The van der Waals surface area contributed by atoms with Crippen LogP contribution in [0.3, 0.4) is 0 Å². The molecule has 138 valence electrons. The molecule has 1 aromatic heterocycles. The molecule has 1 aromatic carbocycles. The summed E-state index contributed by atoms with van der Waals surface area (Å²) in [6.07, 6.45) is 3.70. The number of morpholine rings is 1. The van der Waals surface area contributed by atoms with Gasteiger partial charge < -0.3 is 15.0 Å². The first-order chi connectivity index (χ1) is 12.7. The highest BCUT2D eigenvalue weighted by molar-refractivity contribution is 7.80. The molecule has 1 aliphatic heterocycles. The molecule has 0 bridgehead atoms. The molecule has 0 radical (unpaired) electrons. The summed E-state index contributed by atoms with van der Waals surface area (Å²) in [4.78, 5) is 8.86. The molecule has 2 heterocycles. The van der Waals surface area contributed by atoms with Crippen LogP contribution in [0.15, 0.2) is 48.8 Å². The van der Waals surface area contributed by atoms with Crippen molar-refractivity contribution in [2.24, 2.45) is 0 Å². The molecule has 26 heavy (non-hydrogen) atoms. The lowest BCUT2D eigenvalue weighted by molar-refractivity contribution is 0.0358. The maximum Gasteiger partial charge on any atom is 0.173 e. The van der Waals surface area contributed by atoms with E-state index in [9.17, 15) is 0 Å². The fraction of sp³-hybridized carbons (Fsp3) is 0.400. The molecule has 2 aromatic rings. The van der Waals surface area contributed by atoms with Crippen LogP contribution >= 0.6 is 12.2 Å². The Morgan fingerprint density at radius 3 is 2.69 bits per heavy atom. The Bertz CT molecular complexity index is 687. The van der Waals surface area contributed by atoms with Gasteiger partial charge in [-0.2, -0.15) is 0 Å². The number of anilines is 1. The van der Waals surface area contributed by atoms with E-state index in [1.807, 2.05) is 12.3 Å². The van der Waals surface area contributed by atoms with E-state index < -0.39 is 0 Å². The van der Waals surface area contributed by atoms with Crippen molar-refractivity contribution in [2.45, 2.75) is 13.5 Å². The van der Waals surface area contributed by atoms with E-state index in [-0.39, 0.29) is 0 Å². The number of hydrogen-bond donors (Lipinski definition) is 1. The van der Waals surface area contributed by atoms with E-state index in [2.05, 4.69) is 57.4 Å². The highest BCUT2D eigenvalue weighted by atomic mass is 32.1. The van der Waals surface area contributed by atoms with Gasteiger partial charge in [0.2, 0.25) is 0 Å². The van der Waals surface area contributed by atoms with Gasteiger partial charge in [0.15, 0.2) is 5.11 Å². The Hall–Kier alpha value is -2.02. The average Bonchev–Trinajstić information content (AvgIpc) is 2.68. The Labute approximate surface area is 161 Å². The van der Waals surface area contributed by atoms with Gasteiger partial charge in [-0.25, -0.2) is 0 Å². The fourth-order valence-corrected chi connectivity index (χ4v) is 3.16. The second-order valence-corrected chi connectivity index (χ2v) is 6.92. The molecule has 0 amide bonds. The number of hydrogen-bond acceptors (Lipinski definition) is 4. The van der Waals surface area contributed by atoms with Gasteiger partial charge in [-0.05, 0) is 42.9 Å². The minimum absolute atomic E-state index is 0.742. The molecule has 0 spiro atoms. The average molecular weight is 371 g/mol. The SMILES string of the molecule is Cc1ccc(NC(=S)N(CCN2CCOCC2)Cc2cccnc2)cc1. The molecule has 0 atom stereocenters. The molecular formula is C20H26N4OS. The molecule has 3 rings (SSSR count). The van der Waals surface area contributed by atoms with Crippen LogP contribution in [-0.4, -0.2) is 59.3 Å². The van der Waals surface area contributed by atoms with E-state index in [0.29, 0.717) is 0 Å². The Balaban J connectivity index is 1.64. The minimum atomic E-state index is 0.742. The largest absolute Gasteiger partial charge is 0.379 e. The predicted octanol–water partition coefficient (Wildman–Crippen LogP) is 2.92. The van der Waals surface area contributed by atoms with Gasteiger partial charge in [0.1, 0.15) is 0 Å². The van der Waals surface area contributed by atoms with Crippen LogP contribution in [0.4, 0.5) is 5.69 Å². The van der Waals surface area contributed by atoms with Crippen LogP contribution in [0.25, 0.3) is 0 Å². The molecule has 6 heteroatoms. The normalized spacial score (nSPS) is 14.8. The molecule has 5 nitrogen and oxygen atoms in total. The molecule has 1 fully saturated rings. The summed E-state index contributed by atoms with van der Waals surface area (Å²) in [5.41, 5.74) is 3.41. The molecule has 1 saturated heterocycles. The number of thiocarbonyl (C=S) groups is 1. The molecule has 1 N–H and O–H groups in total. The Kier molecular flexibility index (Phi) is 6.94. The number of nitrogens with zero attached hydrogens (tertiary/aromatic N) is 3. The second-order valence-electron chi connectivity index (χ2n) is 6.53. The first kappa shape index (κ1) is 18.8. The van der Waals surface area contributed by atoms with Gasteiger partial charge in [-0.1, -0.05) is 23.8 Å². The van der Waals surface area contributed by atoms with Gasteiger partial charge in [-0.3, -0.25) is 9.88 Å². The standard InChI is InChI=1S/C20H26N4OS/c1-17-4-6-19(7-5-17)22-20(26)24(16-18-3-2-8-21-15-18)10-9-23-11-13-25-14-12-23/h2-8,15H,9-14,16H2,1H3,(H,22,26). The van der Waals surface area contributed by atoms with Crippen molar-refractivity contribution in [3.63, 3.8) is 0 Å². The fourth-order valence-electron chi connectivity index (χ4n) is 2.89. The minimum Gasteiger partial charge on any atom is -0.379 e. The lowest BCUT2D eigenvalue weighted by atomic mass is 10.2. The monoisotopic (exact) mass is 370 g/mol. The van der Waals surface area contributed by atoms with Crippen molar-refractivity contribution in [3.8, 4) is 0 Å². The first-order valence-electron chi connectivity index (χ1n) is 9.02. The maximum atomic E-state index is 5.71. The Morgan fingerprint density at radius 2 is 2.00 bits per heavy atom. The third-order valence-corrected chi connectivity index (χ3v) is 4.84. The molecule has 0 unspecified atom stereocenters. The van der Waals surface area contributed by atoms with Crippen LogP contribution in [0, 0.1) is 6.92 Å². The van der Waals surface area contributed by atoms with Gasteiger partial charge in [0, 0.05) is 50.8 Å². The van der Waals surface area contributed by atoms with E-state index in [1.54, 1.807) is 6.20 Å². The third-order valence-electron chi connectivity index (χ3n) is 4.48. The van der Waals surface area contributed by atoms with Crippen LogP contribution in [0.1, 0.15) is 11.1 Å². The second kappa shape index (κ2) is 9.62. The lowest BCUT2D eigenvalue weighted by Gasteiger charge is -2.31. The summed E-state index contributed by atoms with van der Waals surface area (Å²) in [7, 11) is 0. The van der Waals surface area contributed by atoms with E-state index in [1.165, 1.54) is 5.56 Å². The molecule has 0 aliphatic carbocycles. The van der Waals surface area contributed by atoms with Crippen LogP contribution in [-0.2, 0) is 11.3 Å². The van der Waals surface area contributed by atoms with E-state index in [4.69, 9.17) is 17.0 Å². The summed E-state index contributed by atoms with van der Waals surface area (Å²) >= 11 is 5.71. The number of nitrogens with one attached hydrogen (secondary N) is 1. The number of benzene rings is 1. The van der Waals surface area contributed by atoms with Crippen molar-refractivity contribution in [1.29, 1.82) is 0 Å². The molecular weight excluding hydrogens is 344 g/mol. The number of rotatable bonds is 6. The van der Waals surface area contributed by atoms with Crippen molar-refractivity contribution in [1.82, 2.24) is 14.8 Å². The highest BCUT2D eigenvalue weighted by Gasteiger charge is 2.15. The van der Waals surface area contributed by atoms with Gasteiger partial charge in [-0.15, -0.1) is 0 Å². The molecule has 0 saturated carbocycles. The smallest absolute Gasteiger partial charge is 0.173 e. The maximum absolute atomic E-state index is 5.71. The quantitative estimate of drug-likeness (QED) is 0.789. The number of ether oxygens (including phenoxy) is 1. The summed E-state index contributed by atoms with van der Waals surface area (Å²) in [5.74, 6) is 0. The third kappa shape index (κ3) is 5.76. The summed E-state index contributed by atoms with van der Waals surface area (Å²) in [6, 6.07) is 12.3. The summed E-state index contributed by atoms with van der Waals surface area (Å²) < 4.78 is 5.44. The number of pyridine rings is 1. The van der Waals surface area contributed by atoms with Crippen molar-refractivity contribution < 1.29 is 4.74 Å². The van der Waals surface area contributed by atoms with E-state index in [0.717, 1.165) is 62.3 Å². The summed E-state index contributed by atoms with van der Waals surface area (Å²) in [6.45, 7) is 8.27. The topological polar surface area (TPSA) is 40.6 Å². The van der Waals surface area contributed by atoms with Gasteiger partial charge in [0.05, 0.1) is 13.2 Å². The van der Waals surface area contributed by atoms with Crippen molar-refractivity contribution in [3.05, 3.63) is 59.9 Å². The zero-order valence-corrected chi connectivity index (χ0v) is 16.0. The Morgan fingerprint density at radius 1 is 1.23 bits per heavy atom. The molecule has 1 aliphatic rings. The van der Waals surface area contributed by atoms with Crippen LogP contribution < -0.4 is 5.32 Å². The van der Waals surface area contributed by atoms with Gasteiger partial charge >= 0.3 is 0 Å². The van der Waals surface area contributed by atoms with Crippen LogP contribution in [0.5, 0.6) is 0 Å². The predicted molar refractivity (Wildman–Crippen MR) is 109 cm³/mol. The lowest BCUT2D eigenvalue weighted by Crippen LogP contribution is -2.43.